The number of hydrogen-bond acceptors (Lipinski definition) is 4. The van der Waals surface area contributed by atoms with Crippen LogP contribution in [-0.4, -0.2) is 40.3 Å². The first-order chi connectivity index (χ1) is 11.4. The first-order valence-electron chi connectivity index (χ1n) is 7.98. The second-order valence-corrected chi connectivity index (χ2v) is 7.69. The van der Waals surface area contributed by atoms with E-state index < -0.39 is 5.54 Å². The van der Waals surface area contributed by atoms with Gasteiger partial charge in [0.25, 0.3) is 5.91 Å². The second-order valence-electron chi connectivity index (χ2n) is 6.63. The fourth-order valence-electron chi connectivity index (χ4n) is 2.97. The first kappa shape index (κ1) is 16.6. The third-order valence-electron chi connectivity index (χ3n) is 4.27. The van der Waals surface area contributed by atoms with Crippen molar-refractivity contribution in [2.45, 2.75) is 32.7 Å². The van der Waals surface area contributed by atoms with Crippen LogP contribution in [0.15, 0.2) is 29.6 Å². The molecule has 6 heteroatoms. The van der Waals surface area contributed by atoms with Crippen molar-refractivity contribution in [1.29, 1.82) is 0 Å². The zero-order valence-corrected chi connectivity index (χ0v) is 14.9. The zero-order valence-electron chi connectivity index (χ0n) is 14.1. The fourth-order valence-corrected chi connectivity index (χ4v) is 3.59. The number of nitrogens with zero attached hydrogens (tertiary/aromatic N) is 2. The summed E-state index contributed by atoms with van der Waals surface area (Å²) in [7, 11) is 0. The molecule has 2 aromatic rings. The molecule has 126 valence electrons. The van der Waals surface area contributed by atoms with E-state index in [0.29, 0.717) is 25.1 Å². The van der Waals surface area contributed by atoms with Gasteiger partial charge < -0.3 is 10.2 Å². The molecule has 1 aliphatic heterocycles. The number of benzene rings is 1. The van der Waals surface area contributed by atoms with E-state index in [9.17, 15) is 9.59 Å². The van der Waals surface area contributed by atoms with Crippen molar-refractivity contribution in [2.75, 3.05) is 13.1 Å². The van der Waals surface area contributed by atoms with E-state index in [2.05, 4.69) is 10.3 Å². The van der Waals surface area contributed by atoms with E-state index in [1.54, 1.807) is 16.2 Å². The number of amides is 2. The van der Waals surface area contributed by atoms with Gasteiger partial charge in [-0.15, -0.1) is 11.3 Å². The van der Waals surface area contributed by atoms with E-state index in [0.717, 1.165) is 16.3 Å². The van der Waals surface area contributed by atoms with Crippen molar-refractivity contribution in [2.24, 2.45) is 0 Å². The van der Waals surface area contributed by atoms with Crippen molar-refractivity contribution in [3.63, 3.8) is 0 Å². The molecule has 0 radical (unpaired) electrons. The van der Waals surface area contributed by atoms with Crippen LogP contribution in [0.5, 0.6) is 0 Å². The second kappa shape index (κ2) is 6.36. The van der Waals surface area contributed by atoms with E-state index in [-0.39, 0.29) is 11.8 Å². The molecule has 0 unspecified atom stereocenters. The van der Waals surface area contributed by atoms with E-state index in [4.69, 9.17) is 0 Å². The van der Waals surface area contributed by atoms with Crippen LogP contribution in [0.4, 0.5) is 0 Å². The lowest BCUT2D eigenvalue weighted by Crippen LogP contribution is -2.48. The molecule has 1 aliphatic rings. The third-order valence-corrected chi connectivity index (χ3v) is 5.05. The molecule has 2 heterocycles. The monoisotopic (exact) mass is 343 g/mol. The highest BCUT2D eigenvalue weighted by Gasteiger charge is 2.35. The minimum Gasteiger partial charge on any atom is -0.354 e. The Morgan fingerprint density at radius 2 is 2.00 bits per heavy atom. The standard InChI is InChI=1S/C18H21N3O2S/c1-12-20-15(11-24-12)13-4-6-14(7-5-13)17(23)21-9-8-19-16(22)10-18(21,2)3/h4-7,11H,8-10H2,1-3H3,(H,19,22). The van der Waals surface area contributed by atoms with Crippen LogP contribution in [0.25, 0.3) is 11.3 Å². The SMILES string of the molecule is Cc1nc(-c2ccc(C(=O)N3CCNC(=O)CC3(C)C)cc2)cs1. The van der Waals surface area contributed by atoms with Gasteiger partial charge in [0.05, 0.1) is 10.7 Å². The van der Waals surface area contributed by atoms with Crippen molar-refractivity contribution in [3.8, 4) is 11.3 Å². The predicted molar refractivity (Wildman–Crippen MR) is 95.0 cm³/mol. The zero-order chi connectivity index (χ0) is 17.3. The Hall–Kier alpha value is -2.21. The van der Waals surface area contributed by atoms with Crippen molar-refractivity contribution < 1.29 is 9.59 Å². The Balaban J connectivity index is 1.83. The van der Waals surface area contributed by atoms with Gasteiger partial charge in [0.2, 0.25) is 5.91 Å². The van der Waals surface area contributed by atoms with Crippen LogP contribution < -0.4 is 5.32 Å². The fraction of sp³-hybridized carbons (Fsp3) is 0.389. The number of carbonyl (C=O) groups excluding carboxylic acids is 2. The maximum absolute atomic E-state index is 12.9. The Labute approximate surface area is 145 Å². The minimum absolute atomic E-state index is 0.00968. The van der Waals surface area contributed by atoms with Gasteiger partial charge in [0, 0.05) is 41.6 Å². The molecule has 5 nitrogen and oxygen atoms in total. The minimum atomic E-state index is -0.498. The molecule has 24 heavy (non-hydrogen) atoms. The summed E-state index contributed by atoms with van der Waals surface area (Å²) in [6, 6.07) is 7.52. The smallest absolute Gasteiger partial charge is 0.254 e. The number of hydrogen-bond donors (Lipinski definition) is 1. The van der Waals surface area contributed by atoms with Crippen LogP contribution in [0.1, 0.15) is 35.6 Å². The lowest BCUT2D eigenvalue weighted by molar-refractivity contribution is -0.121. The number of rotatable bonds is 2. The molecular weight excluding hydrogens is 322 g/mol. The van der Waals surface area contributed by atoms with Crippen LogP contribution in [0.3, 0.4) is 0 Å². The molecule has 0 spiro atoms. The lowest BCUT2D eigenvalue weighted by atomic mass is 9.96. The Bertz CT molecular complexity index is 765. The third kappa shape index (κ3) is 3.33. The van der Waals surface area contributed by atoms with Gasteiger partial charge in [-0.1, -0.05) is 12.1 Å². The van der Waals surface area contributed by atoms with Crippen molar-refractivity contribution in [3.05, 3.63) is 40.2 Å². The summed E-state index contributed by atoms with van der Waals surface area (Å²) in [5, 5.41) is 5.87. The summed E-state index contributed by atoms with van der Waals surface area (Å²) in [4.78, 5) is 30.9. The Kier molecular flexibility index (Phi) is 4.41. The summed E-state index contributed by atoms with van der Waals surface area (Å²) in [5.74, 6) is -0.0536. The molecule has 1 saturated heterocycles. The van der Waals surface area contributed by atoms with E-state index in [1.807, 2.05) is 50.4 Å². The molecule has 1 N–H and O–H groups in total. The number of carbonyl (C=O) groups is 2. The number of nitrogens with one attached hydrogen (secondary N) is 1. The van der Waals surface area contributed by atoms with Crippen LogP contribution in [0, 0.1) is 6.92 Å². The molecule has 0 aliphatic carbocycles. The maximum Gasteiger partial charge on any atom is 0.254 e. The largest absolute Gasteiger partial charge is 0.354 e. The molecule has 3 rings (SSSR count). The number of aromatic nitrogens is 1. The Morgan fingerprint density at radius 3 is 2.62 bits per heavy atom. The molecule has 1 fully saturated rings. The molecular formula is C18H21N3O2S. The van der Waals surface area contributed by atoms with Crippen LogP contribution >= 0.6 is 11.3 Å². The molecule has 0 bridgehead atoms. The molecule has 2 amide bonds. The summed E-state index contributed by atoms with van der Waals surface area (Å²) in [6.07, 6.45) is 0.314. The molecule has 1 aromatic carbocycles. The van der Waals surface area contributed by atoms with Crippen LogP contribution in [0.2, 0.25) is 0 Å². The normalized spacial score (nSPS) is 17.3. The number of aryl methyl sites for hydroxylation is 1. The van der Waals surface area contributed by atoms with Gasteiger partial charge in [-0.3, -0.25) is 9.59 Å². The molecule has 0 saturated carbocycles. The summed E-state index contributed by atoms with van der Waals surface area (Å²) < 4.78 is 0. The maximum atomic E-state index is 12.9. The highest BCUT2D eigenvalue weighted by Crippen LogP contribution is 2.25. The topological polar surface area (TPSA) is 62.3 Å². The number of thiazole rings is 1. The van der Waals surface area contributed by atoms with Crippen molar-refractivity contribution >= 4 is 23.2 Å². The summed E-state index contributed by atoms with van der Waals surface area (Å²) >= 11 is 1.61. The van der Waals surface area contributed by atoms with Crippen LogP contribution in [-0.2, 0) is 4.79 Å². The van der Waals surface area contributed by atoms with Crippen molar-refractivity contribution in [1.82, 2.24) is 15.2 Å². The van der Waals surface area contributed by atoms with Gasteiger partial charge in [-0.05, 0) is 32.9 Å². The first-order valence-corrected chi connectivity index (χ1v) is 8.86. The Morgan fingerprint density at radius 1 is 1.29 bits per heavy atom. The quantitative estimate of drug-likeness (QED) is 0.912. The average molecular weight is 343 g/mol. The van der Waals surface area contributed by atoms with E-state index in [1.165, 1.54) is 0 Å². The van der Waals surface area contributed by atoms with Gasteiger partial charge in [-0.25, -0.2) is 4.98 Å². The average Bonchev–Trinajstić information content (AvgIpc) is 2.91. The summed E-state index contributed by atoms with van der Waals surface area (Å²) in [5.41, 5.74) is 2.07. The van der Waals surface area contributed by atoms with E-state index >= 15 is 0 Å². The highest BCUT2D eigenvalue weighted by molar-refractivity contribution is 7.09. The van der Waals surface area contributed by atoms with Gasteiger partial charge in [0.15, 0.2) is 0 Å². The highest BCUT2D eigenvalue weighted by atomic mass is 32.1. The molecule has 0 atom stereocenters. The van der Waals surface area contributed by atoms with Gasteiger partial charge in [-0.2, -0.15) is 0 Å². The molecule has 1 aromatic heterocycles. The van der Waals surface area contributed by atoms with Gasteiger partial charge in [0.1, 0.15) is 0 Å². The van der Waals surface area contributed by atoms with Gasteiger partial charge >= 0.3 is 0 Å². The summed E-state index contributed by atoms with van der Waals surface area (Å²) in [6.45, 7) is 6.85. The predicted octanol–water partition coefficient (Wildman–Crippen LogP) is 2.86. The lowest BCUT2D eigenvalue weighted by Gasteiger charge is -2.36.